The molecule has 1 atom stereocenters. The van der Waals surface area contributed by atoms with Crippen LogP contribution in [0.25, 0.3) is 0 Å². The lowest BCUT2D eigenvalue weighted by Crippen LogP contribution is -2.42. The van der Waals surface area contributed by atoms with Crippen LogP contribution in [0.15, 0.2) is 77.3 Å². The van der Waals surface area contributed by atoms with Gasteiger partial charge in [0.2, 0.25) is 0 Å². The summed E-state index contributed by atoms with van der Waals surface area (Å²) in [5.74, 6) is 1.80. The van der Waals surface area contributed by atoms with Gasteiger partial charge in [0.15, 0.2) is 0 Å². The van der Waals surface area contributed by atoms with Crippen LogP contribution < -0.4 is 9.47 Å². The lowest BCUT2D eigenvalue weighted by Gasteiger charge is -2.36. The van der Waals surface area contributed by atoms with Crippen molar-refractivity contribution in [2.75, 3.05) is 13.7 Å². The molecule has 1 aliphatic heterocycles. The molecule has 4 heteroatoms. The Labute approximate surface area is 175 Å². The van der Waals surface area contributed by atoms with Crippen molar-refractivity contribution >= 4 is 15.9 Å². The zero-order chi connectivity index (χ0) is 19.3. The fourth-order valence-corrected chi connectivity index (χ4v) is 4.27. The molecule has 0 amide bonds. The van der Waals surface area contributed by atoms with Crippen LogP contribution in [0.2, 0.25) is 0 Å². The standard InChI is InChI=1S/C24H24BrNO2/c1-27-23-13-12-22(25)24-21(23)14-20(17-28-24)26(15-18-8-4-2-5-9-18)16-19-10-6-3-7-11-19/h2-13,20H,14-17H2,1H3. The molecule has 0 saturated carbocycles. The fraction of sp³-hybridized carbons (Fsp3) is 0.250. The molecule has 28 heavy (non-hydrogen) atoms. The molecule has 0 spiro atoms. The number of fused-ring (bicyclic) bond motifs is 1. The molecular formula is C24H24BrNO2. The van der Waals surface area contributed by atoms with Crippen LogP contribution in [0, 0.1) is 0 Å². The second kappa shape index (κ2) is 8.80. The molecular weight excluding hydrogens is 414 g/mol. The third-order valence-corrected chi connectivity index (χ3v) is 5.85. The van der Waals surface area contributed by atoms with E-state index >= 15 is 0 Å². The van der Waals surface area contributed by atoms with Gasteiger partial charge in [-0.25, -0.2) is 0 Å². The van der Waals surface area contributed by atoms with E-state index in [1.807, 2.05) is 12.1 Å². The Balaban J connectivity index is 1.62. The minimum atomic E-state index is 0.274. The van der Waals surface area contributed by atoms with Crippen molar-refractivity contribution in [1.82, 2.24) is 4.90 Å². The Morgan fingerprint density at radius 1 is 0.929 bits per heavy atom. The summed E-state index contributed by atoms with van der Waals surface area (Å²) in [4.78, 5) is 2.51. The molecule has 0 saturated heterocycles. The van der Waals surface area contributed by atoms with Gasteiger partial charge in [-0.2, -0.15) is 0 Å². The van der Waals surface area contributed by atoms with Gasteiger partial charge in [0.05, 0.1) is 11.6 Å². The molecule has 0 N–H and O–H groups in total. The van der Waals surface area contributed by atoms with Crippen molar-refractivity contribution in [2.24, 2.45) is 0 Å². The highest BCUT2D eigenvalue weighted by molar-refractivity contribution is 9.10. The lowest BCUT2D eigenvalue weighted by molar-refractivity contribution is 0.104. The van der Waals surface area contributed by atoms with Crippen LogP contribution in [-0.4, -0.2) is 24.7 Å². The maximum Gasteiger partial charge on any atom is 0.140 e. The molecule has 0 fully saturated rings. The van der Waals surface area contributed by atoms with Gasteiger partial charge in [0.1, 0.15) is 18.1 Å². The molecule has 3 nitrogen and oxygen atoms in total. The average molecular weight is 438 g/mol. The summed E-state index contributed by atoms with van der Waals surface area (Å²) in [6, 6.07) is 25.5. The van der Waals surface area contributed by atoms with Gasteiger partial charge in [0, 0.05) is 24.7 Å². The van der Waals surface area contributed by atoms with Gasteiger partial charge in [-0.1, -0.05) is 60.7 Å². The Morgan fingerprint density at radius 3 is 2.11 bits per heavy atom. The Kier molecular flexibility index (Phi) is 5.98. The maximum absolute atomic E-state index is 6.20. The Morgan fingerprint density at radius 2 is 1.54 bits per heavy atom. The van der Waals surface area contributed by atoms with Gasteiger partial charge in [0.25, 0.3) is 0 Å². The Bertz CT molecular complexity index is 873. The molecule has 3 aromatic carbocycles. The summed E-state index contributed by atoms with van der Waals surface area (Å²) in [5, 5.41) is 0. The quantitative estimate of drug-likeness (QED) is 0.510. The van der Waals surface area contributed by atoms with E-state index in [4.69, 9.17) is 9.47 Å². The number of halogens is 1. The SMILES string of the molecule is COc1ccc(Br)c2c1CC(N(Cc1ccccc1)Cc1ccccc1)CO2. The predicted octanol–water partition coefficient (Wildman–Crippen LogP) is 5.46. The first-order chi connectivity index (χ1) is 13.7. The van der Waals surface area contributed by atoms with Gasteiger partial charge in [-0.3, -0.25) is 4.90 Å². The van der Waals surface area contributed by atoms with Gasteiger partial charge >= 0.3 is 0 Å². The van der Waals surface area contributed by atoms with Gasteiger partial charge < -0.3 is 9.47 Å². The van der Waals surface area contributed by atoms with Crippen LogP contribution >= 0.6 is 15.9 Å². The third kappa shape index (κ3) is 4.23. The molecule has 3 aromatic rings. The Hall–Kier alpha value is -2.30. The fourth-order valence-electron chi connectivity index (χ4n) is 3.78. The van der Waals surface area contributed by atoms with E-state index in [1.54, 1.807) is 7.11 Å². The predicted molar refractivity (Wildman–Crippen MR) is 116 cm³/mol. The summed E-state index contributed by atoms with van der Waals surface area (Å²) in [5.41, 5.74) is 3.76. The van der Waals surface area contributed by atoms with Crippen molar-refractivity contribution in [2.45, 2.75) is 25.6 Å². The van der Waals surface area contributed by atoms with Crippen LogP contribution in [0.5, 0.6) is 11.5 Å². The molecule has 0 aromatic heterocycles. The van der Waals surface area contributed by atoms with E-state index in [9.17, 15) is 0 Å². The van der Waals surface area contributed by atoms with Gasteiger partial charge in [-0.05, 0) is 45.6 Å². The summed E-state index contributed by atoms with van der Waals surface area (Å²) in [7, 11) is 1.72. The minimum Gasteiger partial charge on any atom is -0.496 e. The number of nitrogens with zero attached hydrogens (tertiary/aromatic N) is 1. The first-order valence-electron chi connectivity index (χ1n) is 9.54. The van der Waals surface area contributed by atoms with Crippen molar-refractivity contribution < 1.29 is 9.47 Å². The number of benzene rings is 3. The minimum absolute atomic E-state index is 0.274. The number of hydrogen-bond acceptors (Lipinski definition) is 3. The van der Waals surface area contributed by atoms with Crippen LogP contribution in [0.3, 0.4) is 0 Å². The van der Waals surface area contributed by atoms with Crippen molar-refractivity contribution in [3.8, 4) is 11.5 Å². The van der Waals surface area contributed by atoms with E-state index in [0.29, 0.717) is 6.61 Å². The van der Waals surface area contributed by atoms with E-state index in [1.165, 1.54) is 11.1 Å². The highest BCUT2D eigenvalue weighted by atomic mass is 79.9. The zero-order valence-corrected chi connectivity index (χ0v) is 17.6. The zero-order valence-electron chi connectivity index (χ0n) is 16.0. The summed E-state index contributed by atoms with van der Waals surface area (Å²) >= 11 is 3.62. The third-order valence-electron chi connectivity index (χ3n) is 5.22. The number of hydrogen-bond donors (Lipinski definition) is 0. The van der Waals surface area contributed by atoms with Crippen molar-refractivity contribution in [3.05, 3.63) is 94.0 Å². The maximum atomic E-state index is 6.20. The number of ether oxygens (including phenoxy) is 2. The summed E-state index contributed by atoms with van der Waals surface area (Å²) in [6.45, 7) is 2.43. The molecule has 0 radical (unpaired) electrons. The second-order valence-corrected chi connectivity index (χ2v) is 7.96. The van der Waals surface area contributed by atoms with Crippen LogP contribution in [0.4, 0.5) is 0 Å². The monoisotopic (exact) mass is 437 g/mol. The first kappa shape index (κ1) is 19.0. The topological polar surface area (TPSA) is 21.7 Å². The molecule has 4 rings (SSSR count). The molecule has 0 aliphatic carbocycles. The summed E-state index contributed by atoms with van der Waals surface area (Å²) < 4.78 is 12.8. The largest absolute Gasteiger partial charge is 0.496 e. The second-order valence-electron chi connectivity index (χ2n) is 7.10. The molecule has 1 aliphatic rings. The highest BCUT2D eigenvalue weighted by Crippen LogP contribution is 2.40. The van der Waals surface area contributed by atoms with E-state index in [0.717, 1.165) is 41.0 Å². The van der Waals surface area contributed by atoms with E-state index < -0.39 is 0 Å². The average Bonchev–Trinajstić information content (AvgIpc) is 2.75. The smallest absolute Gasteiger partial charge is 0.140 e. The lowest BCUT2D eigenvalue weighted by atomic mass is 9.99. The number of rotatable bonds is 6. The molecule has 0 bridgehead atoms. The van der Waals surface area contributed by atoms with Crippen molar-refractivity contribution in [1.29, 1.82) is 0 Å². The van der Waals surface area contributed by atoms with Crippen LogP contribution in [0.1, 0.15) is 16.7 Å². The normalized spacial score (nSPS) is 15.8. The van der Waals surface area contributed by atoms with Crippen LogP contribution in [-0.2, 0) is 19.5 Å². The van der Waals surface area contributed by atoms with Crippen molar-refractivity contribution in [3.63, 3.8) is 0 Å². The van der Waals surface area contributed by atoms with Gasteiger partial charge in [-0.15, -0.1) is 0 Å². The van der Waals surface area contributed by atoms with E-state index in [-0.39, 0.29) is 6.04 Å². The number of methoxy groups -OCH3 is 1. The highest BCUT2D eigenvalue weighted by Gasteiger charge is 2.29. The van der Waals surface area contributed by atoms with E-state index in [2.05, 4.69) is 81.5 Å². The molecule has 1 unspecified atom stereocenters. The summed E-state index contributed by atoms with van der Waals surface area (Å²) in [6.07, 6.45) is 0.900. The first-order valence-corrected chi connectivity index (χ1v) is 10.3. The molecule has 144 valence electrons. The molecule has 1 heterocycles.